The second-order valence-corrected chi connectivity index (χ2v) is 9.45. The van der Waals surface area contributed by atoms with Gasteiger partial charge in [0.2, 0.25) is 0 Å². The van der Waals surface area contributed by atoms with Gasteiger partial charge in [0.25, 0.3) is 0 Å². The fourth-order valence-corrected chi connectivity index (χ4v) is 8.41. The van der Waals surface area contributed by atoms with Crippen LogP contribution in [-0.2, 0) is 0 Å². The maximum absolute atomic E-state index is 4.42. The van der Waals surface area contributed by atoms with Crippen LogP contribution in [0.2, 0.25) is 10.6 Å². The summed E-state index contributed by atoms with van der Waals surface area (Å²) in [4.78, 5) is 0. The molecule has 0 saturated carbocycles. The molecule has 0 aromatic rings. The van der Waals surface area contributed by atoms with Crippen LogP contribution in [0.5, 0.6) is 0 Å². The molecule has 1 fully saturated rings. The van der Waals surface area contributed by atoms with Crippen molar-refractivity contribution < 1.29 is 0 Å². The molecule has 0 bridgehead atoms. The van der Waals surface area contributed by atoms with E-state index in [1.807, 2.05) is 0 Å². The Hall–Kier alpha value is 1.74. The van der Waals surface area contributed by atoms with Gasteiger partial charge in [-0.3, -0.25) is 0 Å². The average Bonchev–Trinajstić information content (AvgIpc) is 1.77. The Balaban J connectivity index is 2.28. The summed E-state index contributed by atoms with van der Waals surface area (Å²) in [5.41, 5.74) is 0. The first-order valence-corrected chi connectivity index (χ1v) is 7.83. The van der Waals surface area contributed by atoms with E-state index >= 15 is 0 Å². The number of rotatable bonds is 0. The van der Waals surface area contributed by atoms with E-state index < -0.39 is 0 Å². The van der Waals surface area contributed by atoms with E-state index in [9.17, 15) is 0 Å². The number of thiol groups is 2. The van der Waals surface area contributed by atoms with Crippen molar-refractivity contribution in [1.29, 1.82) is 0 Å². The van der Waals surface area contributed by atoms with Gasteiger partial charge in [0.15, 0.2) is 0 Å². The standard InChI is InChI=1S/C4H8S2Se2/c5-3-4(6)8-2-1-7-3/h3-6H,1-2H2. The molecule has 0 amide bonds. The van der Waals surface area contributed by atoms with Gasteiger partial charge in [0, 0.05) is 0 Å². The topological polar surface area (TPSA) is 0 Å². The summed E-state index contributed by atoms with van der Waals surface area (Å²) in [6.07, 6.45) is 0. The van der Waals surface area contributed by atoms with Crippen molar-refractivity contribution in [1.82, 2.24) is 0 Å². The number of hydrogen-bond donors (Lipinski definition) is 2. The van der Waals surface area contributed by atoms with Crippen molar-refractivity contribution in [2.75, 3.05) is 0 Å². The summed E-state index contributed by atoms with van der Waals surface area (Å²) in [5, 5.41) is 2.89. The molecule has 8 heavy (non-hydrogen) atoms. The Morgan fingerprint density at radius 3 is 1.62 bits per heavy atom. The molecular weight excluding hydrogens is 270 g/mol. The van der Waals surface area contributed by atoms with E-state index in [1.54, 1.807) is 0 Å². The van der Waals surface area contributed by atoms with Gasteiger partial charge in [0.1, 0.15) is 0 Å². The first-order chi connectivity index (χ1) is 3.80. The second kappa shape index (κ2) is 3.80. The molecule has 1 aliphatic heterocycles. The quantitative estimate of drug-likeness (QED) is 0.474. The van der Waals surface area contributed by atoms with Crippen molar-refractivity contribution in [2.24, 2.45) is 0 Å². The molecule has 0 N–H and O–H groups in total. The second-order valence-electron chi connectivity index (χ2n) is 1.52. The Morgan fingerprint density at radius 2 is 1.38 bits per heavy atom. The fraction of sp³-hybridized carbons (Fsp3) is 1.00. The zero-order valence-corrected chi connectivity index (χ0v) is 9.49. The van der Waals surface area contributed by atoms with Gasteiger partial charge >= 0.3 is 74.1 Å². The molecule has 2 atom stereocenters. The van der Waals surface area contributed by atoms with Crippen LogP contribution in [0.3, 0.4) is 0 Å². The van der Waals surface area contributed by atoms with Crippen molar-refractivity contribution in [3.8, 4) is 0 Å². The van der Waals surface area contributed by atoms with E-state index in [0.717, 1.165) is 29.9 Å². The van der Waals surface area contributed by atoms with Crippen LogP contribution in [-0.4, -0.2) is 38.2 Å². The van der Waals surface area contributed by atoms with Crippen molar-refractivity contribution >= 4 is 55.2 Å². The zero-order chi connectivity index (χ0) is 5.98. The van der Waals surface area contributed by atoms with Crippen molar-refractivity contribution in [3.63, 3.8) is 0 Å². The SMILES string of the molecule is SC1[Se]CC[Se]C1S. The molecule has 1 rings (SSSR count). The Kier molecular flexibility index (Phi) is 3.72. The third-order valence-electron chi connectivity index (χ3n) is 0.904. The summed E-state index contributed by atoms with van der Waals surface area (Å²) >= 11 is 10.4. The van der Waals surface area contributed by atoms with Gasteiger partial charge in [-0.2, -0.15) is 0 Å². The molecule has 0 aromatic heterocycles. The predicted octanol–water partition coefficient (Wildman–Crippen LogP) is 0.757. The molecule has 0 radical (unpaired) electrons. The summed E-state index contributed by atoms with van der Waals surface area (Å²) < 4.78 is 1.30. The van der Waals surface area contributed by atoms with Crippen LogP contribution in [0, 0.1) is 0 Å². The Labute approximate surface area is 73.7 Å². The van der Waals surface area contributed by atoms with Gasteiger partial charge in [0.05, 0.1) is 0 Å². The van der Waals surface area contributed by atoms with Gasteiger partial charge < -0.3 is 0 Å². The van der Waals surface area contributed by atoms with Crippen LogP contribution < -0.4 is 0 Å². The van der Waals surface area contributed by atoms with E-state index in [0.29, 0.717) is 8.30 Å². The molecule has 48 valence electrons. The van der Waals surface area contributed by atoms with Crippen LogP contribution >= 0.6 is 25.3 Å². The summed E-state index contributed by atoms with van der Waals surface area (Å²) in [5.74, 6) is 0. The van der Waals surface area contributed by atoms with Gasteiger partial charge in [-0.15, -0.1) is 0 Å². The van der Waals surface area contributed by atoms with Gasteiger partial charge in [-0.05, 0) is 0 Å². The molecule has 2 unspecified atom stereocenters. The molecule has 0 aliphatic carbocycles. The van der Waals surface area contributed by atoms with Crippen LogP contribution in [0.1, 0.15) is 0 Å². The first-order valence-electron chi connectivity index (χ1n) is 2.40. The fourth-order valence-electron chi connectivity index (χ4n) is 0.502. The molecule has 1 saturated heterocycles. The normalized spacial score (nSPS) is 39.8. The summed E-state index contributed by atoms with van der Waals surface area (Å²) in [6.45, 7) is 0. The molecule has 0 nitrogen and oxygen atoms in total. The number of hydrogen-bond acceptors (Lipinski definition) is 2. The minimum atomic E-state index is 0.652. The van der Waals surface area contributed by atoms with Crippen molar-refractivity contribution in [2.45, 2.75) is 18.9 Å². The summed E-state index contributed by atoms with van der Waals surface area (Å²) in [6, 6.07) is 0. The van der Waals surface area contributed by atoms with Gasteiger partial charge in [-0.25, -0.2) is 0 Å². The monoisotopic (exact) mass is 280 g/mol. The third-order valence-corrected chi connectivity index (χ3v) is 10.8. The predicted molar refractivity (Wildman–Crippen MR) is 46.7 cm³/mol. The average molecular weight is 278 g/mol. The van der Waals surface area contributed by atoms with E-state index in [1.165, 1.54) is 10.6 Å². The maximum atomic E-state index is 4.42. The Morgan fingerprint density at radius 1 is 1.00 bits per heavy atom. The van der Waals surface area contributed by atoms with Crippen LogP contribution in [0.4, 0.5) is 0 Å². The molecule has 1 aliphatic rings. The minimum absolute atomic E-state index is 0.652. The van der Waals surface area contributed by atoms with E-state index in [2.05, 4.69) is 25.3 Å². The van der Waals surface area contributed by atoms with Gasteiger partial charge in [-0.1, -0.05) is 0 Å². The third kappa shape index (κ3) is 2.17. The molecule has 0 aromatic carbocycles. The van der Waals surface area contributed by atoms with Crippen LogP contribution in [0.25, 0.3) is 0 Å². The van der Waals surface area contributed by atoms with Crippen LogP contribution in [0.15, 0.2) is 0 Å². The molecule has 1 heterocycles. The van der Waals surface area contributed by atoms with E-state index in [-0.39, 0.29) is 0 Å². The van der Waals surface area contributed by atoms with E-state index in [4.69, 9.17) is 0 Å². The molecule has 4 heteroatoms. The molecular formula is C4H8S2Se2. The Bertz CT molecular complexity index is 68.4. The summed E-state index contributed by atoms with van der Waals surface area (Å²) in [7, 11) is 0. The van der Waals surface area contributed by atoms with Crippen molar-refractivity contribution in [3.05, 3.63) is 0 Å². The molecule has 0 spiro atoms. The zero-order valence-electron chi connectivity index (χ0n) is 4.28. The first kappa shape index (κ1) is 7.84.